The lowest BCUT2D eigenvalue weighted by atomic mass is 10.5. The maximum atomic E-state index is 11.4. The monoisotopic (exact) mass is 212 g/mol. The van der Waals surface area contributed by atoms with Crippen LogP contribution >= 0.6 is 16.9 Å². The molecule has 1 nitrogen and oxygen atoms in total. The molecule has 0 aromatic heterocycles. The van der Waals surface area contributed by atoms with Gasteiger partial charge in [0.25, 0.3) is 0 Å². The highest BCUT2D eigenvalue weighted by molar-refractivity contribution is 8.24. The summed E-state index contributed by atoms with van der Waals surface area (Å²) >= 11 is 9.21. The van der Waals surface area contributed by atoms with Crippen molar-refractivity contribution in [2.24, 2.45) is 0 Å². The molecule has 0 radical (unpaired) electrons. The van der Waals surface area contributed by atoms with Crippen LogP contribution in [0.4, 0.5) is 13.2 Å². The van der Waals surface area contributed by atoms with Crippen molar-refractivity contribution in [2.45, 2.75) is 12.6 Å². The van der Waals surface area contributed by atoms with Crippen molar-refractivity contribution in [3.63, 3.8) is 0 Å². The third kappa shape index (κ3) is 8.69. The van der Waals surface area contributed by atoms with Gasteiger partial charge in [-0.1, -0.05) is 23.0 Å². The van der Waals surface area contributed by atoms with E-state index in [2.05, 4.69) is 11.8 Å². The molecule has 0 aliphatic carbocycles. The maximum Gasteiger partial charge on any atom is 0.389 e. The highest BCUT2D eigenvalue weighted by Crippen LogP contribution is 2.48. The van der Waals surface area contributed by atoms with E-state index in [4.69, 9.17) is 16.1 Å². The second-order valence-electron chi connectivity index (χ2n) is 1.71. The number of rotatable bonds is 2. The number of hydrogen-bond acceptors (Lipinski definition) is 1. The highest BCUT2D eigenvalue weighted by atomic mass is 35.7. The minimum atomic E-state index is -4.28. The van der Waals surface area contributed by atoms with E-state index < -0.39 is 24.4 Å². The molecule has 1 unspecified atom stereocenters. The summed E-state index contributed by atoms with van der Waals surface area (Å²) in [6, 6.07) is 0. The molecule has 0 aliphatic heterocycles. The van der Waals surface area contributed by atoms with E-state index in [9.17, 15) is 13.2 Å². The smallest absolute Gasteiger partial charge is 0.354 e. The summed E-state index contributed by atoms with van der Waals surface area (Å²) in [4.78, 5) is 8.57. The van der Waals surface area contributed by atoms with Gasteiger partial charge in [0.05, 0.1) is 6.42 Å². The summed E-state index contributed by atoms with van der Waals surface area (Å²) in [5.41, 5.74) is -3.18. The normalized spacial score (nSPS) is 18.5. The first-order valence-electron chi connectivity index (χ1n) is 2.29. The van der Waals surface area contributed by atoms with Crippen LogP contribution < -0.4 is 0 Å². The highest BCUT2D eigenvalue weighted by Gasteiger charge is 2.29. The van der Waals surface area contributed by atoms with Gasteiger partial charge in [-0.15, -0.1) is 0 Å². The molecule has 0 bridgehead atoms. The van der Waals surface area contributed by atoms with Crippen molar-refractivity contribution in [2.75, 3.05) is 6.16 Å². The standard InChI is InChI=1S/C3H5ClF3OPS/c4-9(8,10)2-1-3(5,6)7/h1-2H2,(H,8,10). The number of alkyl halides is 3. The Bertz CT molecular complexity index is 152. The fourth-order valence-corrected chi connectivity index (χ4v) is 1.32. The molecular weight excluding hydrogens is 208 g/mol. The second-order valence-corrected chi connectivity index (χ2v) is 7.48. The largest absolute Gasteiger partial charge is 0.389 e. The zero-order chi connectivity index (χ0) is 8.41. The minimum absolute atomic E-state index is 0.548. The van der Waals surface area contributed by atoms with Gasteiger partial charge in [0.15, 0.2) is 0 Å². The van der Waals surface area contributed by atoms with Crippen LogP contribution in [0.5, 0.6) is 0 Å². The summed E-state index contributed by atoms with van der Waals surface area (Å²) in [7, 11) is 0. The summed E-state index contributed by atoms with van der Waals surface area (Å²) < 4.78 is 34.2. The molecule has 62 valence electrons. The van der Waals surface area contributed by atoms with E-state index in [1.165, 1.54) is 0 Å². The van der Waals surface area contributed by atoms with Crippen LogP contribution in [0.3, 0.4) is 0 Å². The van der Waals surface area contributed by atoms with Crippen LogP contribution in [-0.4, -0.2) is 17.2 Å². The Morgan fingerprint density at radius 2 is 1.90 bits per heavy atom. The predicted octanol–water partition coefficient (Wildman–Crippen LogP) is 2.48. The van der Waals surface area contributed by atoms with Crippen molar-refractivity contribution >= 4 is 28.7 Å². The van der Waals surface area contributed by atoms with Gasteiger partial charge in [0, 0.05) is 6.16 Å². The third-order valence-corrected chi connectivity index (χ3v) is 2.50. The minimum Gasteiger partial charge on any atom is -0.354 e. The molecule has 1 N–H and O–H groups in total. The van der Waals surface area contributed by atoms with Gasteiger partial charge in [0.2, 0.25) is 0 Å². The Hall–Kier alpha value is 0.690. The predicted molar refractivity (Wildman–Crippen MR) is 37.9 cm³/mol. The lowest BCUT2D eigenvalue weighted by Gasteiger charge is -2.08. The van der Waals surface area contributed by atoms with Crippen LogP contribution in [-0.2, 0) is 11.8 Å². The molecule has 0 spiro atoms. The Morgan fingerprint density at radius 1 is 1.50 bits per heavy atom. The van der Waals surface area contributed by atoms with Crippen LogP contribution in [0, 0.1) is 0 Å². The van der Waals surface area contributed by atoms with Crippen LogP contribution in [0.1, 0.15) is 6.42 Å². The van der Waals surface area contributed by atoms with Crippen LogP contribution in [0.25, 0.3) is 0 Å². The molecule has 0 aromatic carbocycles. The average molecular weight is 213 g/mol. The fourth-order valence-electron chi connectivity index (χ4n) is 0.265. The molecule has 0 fully saturated rings. The molecule has 10 heavy (non-hydrogen) atoms. The van der Waals surface area contributed by atoms with Crippen molar-refractivity contribution in [3.8, 4) is 0 Å². The lowest BCUT2D eigenvalue weighted by Crippen LogP contribution is -2.08. The third-order valence-electron chi connectivity index (χ3n) is 0.671. The SMILES string of the molecule is OP(=S)(Cl)CCC(F)(F)F. The molecule has 7 heteroatoms. The zero-order valence-corrected chi connectivity index (χ0v) is 7.20. The molecule has 0 heterocycles. The van der Waals surface area contributed by atoms with Gasteiger partial charge in [-0.2, -0.15) is 13.2 Å². The number of halogens is 4. The molecular formula is C3H5ClF3OPS. The average Bonchev–Trinajstić information content (AvgIpc) is 1.57. The Kier molecular flexibility index (Phi) is 3.62. The van der Waals surface area contributed by atoms with Gasteiger partial charge in [0.1, 0.15) is 5.62 Å². The Morgan fingerprint density at radius 3 is 2.00 bits per heavy atom. The quantitative estimate of drug-likeness (QED) is 0.710. The maximum absolute atomic E-state index is 11.4. The van der Waals surface area contributed by atoms with E-state index in [-0.39, 0.29) is 0 Å². The molecule has 1 atom stereocenters. The van der Waals surface area contributed by atoms with Crippen molar-refractivity contribution in [3.05, 3.63) is 0 Å². The molecule has 0 saturated heterocycles. The lowest BCUT2D eigenvalue weighted by molar-refractivity contribution is -0.130. The molecule has 0 rings (SSSR count). The first-order chi connectivity index (χ1) is 4.21. The van der Waals surface area contributed by atoms with Crippen molar-refractivity contribution in [1.29, 1.82) is 0 Å². The van der Waals surface area contributed by atoms with E-state index in [0.717, 1.165) is 0 Å². The summed E-state index contributed by atoms with van der Waals surface area (Å²) in [5, 5.41) is 0. The van der Waals surface area contributed by atoms with E-state index >= 15 is 0 Å². The van der Waals surface area contributed by atoms with E-state index in [0.29, 0.717) is 0 Å². The molecule has 0 aromatic rings. The summed E-state index contributed by atoms with van der Waals surface area (Å²) in [5.74, 6) is 0. The first kappa shape index (κ1) is 10.7. The van der Waals surface area contributed by atoms with Crippen LogP contribution in [0.2, 0.25) is 0 Å². The first-order valence-corrected chi connectivity index (χ1v) is 6.13. The number of hydrogen-bond donors (Lipinski definition) is 1. The van der Waals surface area contributed by atoms with E-state index in [1.807, 2.05) is 0 Å². The van der Waals surface area contributed by atoms with E-state index in [1.54, 1.807) is 0 Å². The fraction of sp³-hybridized carbons (Fsp3) is 1.00. The van der Waals surface area contributed by atoms with Crippen LogP contribution in [0.15, 0.2) is 0 Å². The van der Waals surface area contributed by atoms with Gasteiger partial charge in [-0.3, -0.25) is 0 Å². The zero-order valence-electron chi connectivity index (χ0n) is 4.73. The summed E-state index contributed by atoms with van der Waals surface area (Å²) in [6.07, 6.45) is -5.93. The molecule has 0 aliphatic rings. The summed E-state index contributed by atoms with van der Waals surface area (Å²) in [6.45, 7) is 0. The van der Waals surface area contributed by atoms with Gasteiger partial charge in [-0.25, -0.2) is 0 Å². The molecule has 0 amide bonds. The van der Waals surface area contributed by atoms with Crippen molar-refractivity contribution < 1.29 is 18.1 Å². The van der Waals surface area contributed by atoms with Crippen molar-refractivity contribution in [1.82, 2.24) is 0 Å². The second kappa shape index (κ2) is 3.39. The Balaban J connectivity index is 3.67. The van der Waals surface area contributed by atoms with Gasteiger partial charge in [-0.05, 0) is 0 Å². The van der Waals surface area contributed by atoms with Gasteiger partial charge >= 0.3 is 6.18 Å². The molecule has 0 saturated carbocycles. The van der Waals surface area contributed by atoms with Gasteiger partial charge < -0.3 is 4.89 Å². The topological polar surface area (TPSA) is 20.2 Å². The Labute approximate surface area is 66.1 Å².